The van der Waals surface area contributed by atoms with E-state index in [4.69, 9.17) is 9.15 Å². The highest BCUT2D eigenvalue weighted by Gasteiger charge is 2.27. The molecule has 134 valence electrons. The van der Waals surface area contributed by atoms with Crippen LogP contribution in [0.15, 0.2) is 16.7 Å². The fraction of sp³-hybridized carbons (Fsp3) is 0.667. The second kappa shape index (κ2) is 7.73. The number of hydrogen-bond donors (Lipinski definition) is 1. The largest absolute Gasteiger partial charge is 0.469 e. The Morgan fingerprint density at radius 3 is 2.79 bits per heavy atom. The summed E-state index contributed by atoms with van der Waals surface area (Å²) in [5.74, 6) is 0.902. The van der Waals surface area contributed by atoms with Gasteiger partial charge < -0.3 is 19.4 Å². The van der Waals surface area contributed by atoms with Crippen LogP contribution in [-0.4, -0.2) is 42.1 Å². The number of carbonyl (C=O) groups excluding carboxylic acids is 2. The van der Waals surface area contributed by atoms with Gasteiger partial charge in [0, 0.05) is 19.6 Å². The fourth-order valence-electron chi connectivity index (χ4n) is 2.90. The fourth-order valence-corrected chi connectivity index (χ4v) is 2.90. The summed E-state index contributed by atoms with van der Waals surface area (Å²) in [6.45, 7) is 9.42. The predicted molar refractivity (Wildman–Crippen MR) is 90.9 cm³/mol. The van der Waals surface area contributed by atoms with Gasteiger partial charge in [0.05, 0.1) is 11.8 Å². The van der Waals surface area contributed by atoms with E-state index in [1.165, 1.54) is 6.26 Å². The first-order chi connectivity index (χ1) is 11.3. The lowest BCUT2D eigenvalue weighted by atomic mass is 9.95. The zero-order chi connectivity index (χ0) is 17.7. The van der Waals surface area contributed by atoms with Crippen molar-refractivity contribution < 1.29 is 18.7 Å². The normalized spacial score (nSPS) is 18.3. The van der Waals surface area contributed by atoms with Gasteiger partial charge in [0.15, 0.2) is 0 Å². The molecule has 1 saturated heterocycles. The number of amides is 2. The topological polar surface area (TPSA) is 71.8 Å². The van der Waals surface area contributed by atoms with E-state index in [9.17, 15) is 9.59 Å². The molecule has 1 N–H and O–H groups in total. The van der Waals surface area contributed by atoms with E-state index in [1.54, 1.807) is 17.9 Å². The number of hydrogen-bond acceptors (Lipinski definition) is 4. The summed E-state index contributed by atoms with van der Waals surface area (Å²) in [6.07, 6.45) is 4.16. The molecule has 0 saturated carbocycles. The van der Waals surface area contributed by atoms with E-state index in [1.807, 2.05) is 20.8 Å². The van der Waals surface area contributed by atoms with Gasteiger partial charge in [-0.15, -0.1) is 0 Å². The molecule has 1 aliphatic rings. The summed E-state index contributed by atoms with van der Waals surface area (Å²) in [5, 5.41) is 2.92. The number of aryl methyl sites for hydroxylation is 1. The number of ether oxygens (including phenoxy) is 1. The van der Waals surface area contributed by atoms with Crippen molar-refractivity contribution in [2.24, 2.45) is 5.92 Å². The van der Waals surface area contributed by atoms with E-state index >= 15 is 0 Å². The van der Waals surface area contributed by atoms with Crippen molar-refractivity contribution in [2.75, 3.05) is 19.6 Å². The molecular weight excluding hydrogens is 308 g/mol. The van der Waals surface area contributed by atoms with Crippen molar-refractivity contribution in [1.29, 1.82) is 0 Å². The van der Waals surface area contributed by atoms with Crippen molar-refractivity contribution >= 4 is 12.0 Å². The standard InChI is InChI=1S/C18H28N2O4/c1-13-15(8-11-23-13)16(21)19-9-7-14-6-5-10-20(12-14)17(22)24-18(2,3)4/h8,11,14H,5-7,9-10,12H2,1-4H3,(H,19,21). The Labute approximate surface area is 143 Å². The molecule has 0 radical (unpaired) electrons. The number of piperidine rings is 1. The third-order valence-corrected chi connectivity index (χ3v) is 4.11. The van der Waals surface area contributed by atoms with E-state index in [-0.39, 0.29) is 12.0 Å². The van der Waals surface area contributed by atoms with Crippen LogP contribution >= 0.6 is 0 Å². The minimum Gasteiger partial charge on any atom is -0.469 e. The van der Waals surface area contributed by atoms with Crippen molar-refractivity contribution in [1.82, 2.24) is 10.2 Å². The van der Waals surface area contributed by atoms with Crippen LogP contribution in [0.4, 0.5) is 4.79 Å². The third kappa shape index (κ3) is 5.28. The SMILES string of the molecule is Cc1occc1C(=O)NCCC1CCCN(C(=O)OC(C)(C)C)C1. The predicted octanol–water partition coefficient (Wildman–Crippen LogP) is 3.36. The summed E-state index contributed by atoms with van der Waals surface area (Å²) >= 11 is 0. The number of nitrogens with zero attached hydrogens (tertiary/aromatic N) is 1. The van der Waals surface area contributed by atoms with Gasteiger partial charge in [0.2, 0.25) is 0 Å². The molecule has 1 aromatic heterocycles. The van der Waals surface area contributed by atoms with Crippen LogP contribution in [0.25, 0.3) is 0 Å². The highest BCUT2D eigenvalue weighted by Crippen LogP contribution is 2.21. The second-order valence-electron chi connectivity index (χ2n) is 7.37. The van der Waals surface area contributed by atoms with E-state index < -0.39 is 5.60 Å². The lowest BCUT2D eigenvalue weighted by Crippen LogP contribution is -2.43. The summed E-state index contributed by atoms with van der Waals surface area (Å²) < 4.78 is 10.6. The molecular formula is C18H28N2O4. The zero-order valence-corrected chi connectivity index (χ0v) is 15.1. The molecule has 2 amide bonds. The first kappa shape index (κ1) is 18.4. The summed E-state index contributed by atoms with van der Waals surface area (Å²) in [4.78, 5) is 26.0. The van der Waals surface area contributed by atoms with Gasteiger partial charge >= 0.3 is 6.09 Å². The Balaban J connectivity index is 1.76. The monoisotopic (exact) mass is 336 g/mol. The highest BCUT2D eigenvalue weighted by atomic mass is 16.6. The van der Waals surface area contributed by atoms with Crippen LogP contribution < -0.4 is 5.32 Å². The molecule has 2 rings (SSSR count). The Bertz CT molecular complexity index is 574. The van der Waals surface area contributed by atoms with Crippen LogP contribution in [0.3, 0.4) is 0 Å². The number of rotatable bonds is 4. The van der Waals surface area contributed by atoms with Crippen LogP contribution in [0, 0.1) is 12.8 Å². The van der Waals surface area contributed by atoms with Crippen molar-refractivity contribution in [3.63, 3.8) is 0 Å². The van der Waals surface area contributed by atoms with Crippen LogP contribution in [0.5, 0.6) is 0 Å². The average molecular weight is 336 g/mol. The summed E-state index contributed by atoms with van der Waals surface area (Å²) in [5.41, 5.74) is 0.106. The van der Waals surface area contributed by atoms with Gasteiger partial charge in [-0.25, -0.2) is 4.79 Å². The highest BCUT2D eigenvalue weighted by molar-refractivity contribution is 5.94. The Kier molecular flexibility index (Phi) is 5.91. The Hall–Kier alpha value is -1.98. The maximum atomic E-state index is 12.2. The minimum absolute atomic E-state index is 0.110. The maximum absolute atomic E-state index is 12.2. The number of likely N-dealkylation sites (tertiary alicyclic amines) is 1. The molecule has 0 bridgehead atoms. The van der Waals surface area contributed by atoms with Crippen molar-refractivity contribution in [2.45, 2.75) is 52.6 Å². The van der Waals surface area contributed by atoms with Gasteiger partial charge in [-0.05, 0) is 58.9 Å². The number of furan rings is 1. The zero-order valence-electron chi connectivity index (χ0n) is 15.1. The van der Waals surface area contributed by atoms with Crippen molar-refractivity contribution in [3.05, 3.63) is 23.7 Å². The molecule has 0 aliphatic carbocycles. The molecule has 6 heteroatoms. The molecule has 1 aromatic rings. The Morgan fingerprint density at radius 1 is 1.42 bits per heavy atom. The maximum Gasteiger partial charge on any atom is 0.410 e. The van der Waals surface area contributed by atoms with Gasteiger partial charge in [-0.1, -0.05) is 0 Å². The average Bonchev–Trinajstić information content (AvgIpc) is 2.92. The van der Waals surface area contributed by atoms with Gasteiger partial charge in [-0.2, -0.15) is 0 Å². The van der Waals surface area contributed by atoms with Crippen LogP contribution in [-0.2, 0) is 4.74 Å². The van der Waals surface area contributed by atoms with Gasteiger partial charge in [0.25, 0.3) is 5.91 Å². The van der Waals surface area contributed by atoms with Crippen LogP contribution in [0.2, 0.25) is 0 Å². The summed E-state index contributed by atoms with van der Waals surface area (Å²) in [7, 11) is 0. The third-order valence-electron chi connectivity index (χ3n) is 4.11. The smallest absolute Gasteiger partial charge is 0.410 e. The second-order valence-corrected chi connectivity index (χ2v) is 7.37. The molecule has 1 fully saturated rings. The van der Waals surface area contributed by atoms with Gasteiger partial charge in [0.1, 0.15) is 11.4 Å². The molecule has 1 atom stereocenters. The molecule has 0 aromatic carbocycles. The molecule has 2 heterocycles. The quantitative estimate of drug-likeness (QED) is 0.915. The van der Waals surface area contributed by atoms with E-state index in [0.717, 1.165) is 25.8 Å². The Morgan fingerprint density at radius 2 is 2.17 bits per heavy atom. The first-order valence-corrected chi connectivity index (χ1v) is 8.56. The number of nitrogens with one attached hydrogen (secondary N) is 1. The molecule has 24 heavy (non-hydrogen) atoms. The molecule has 6 nitrogen and oxygen atoms in total. The lowest BCUT2D eigenvalue weighted by Gasteiger charge is -2.34. The molecule has 0 spiro atoms. The number of carbonyl (C=O) groups is 2. The van der Waals surface area contributed by atoms with E-state index in [2.05, 4.69) is 5.32 Å². The molecule has 1 unspecified atom stereocenters. The molecule has 1 aliphatic heterocycles. The van der Waals surface area contributed by atoms with Gasteiger partial charge in [-0.3, -0.25) is 4.79 Å². The van der Waals surface area contributed by atoms with Crippen LogP contribution in [0.1, 0.15) is 56.2 Å². The minimum atomic E-state index is -0.472. The summed E-state index contributed by atoms with van der Waals surface area (Å²) in [6, 6.07) is 1.68. The van der Waals surface area contributed by atoms with E-state index in [0.29, 0.717) is 30.3 Å². The lowest BCUT2D eigenvalue weighted by molar-refractivity contribution is 0.0161. The van der Waals surface area contributed by atoms with Crippen molar-refractivity contribution in [3.8, 4) is 0 Å². The first-order valence-electron chi connectivity index (χ1n) is 8.56.